The smallest absolute Gasteiger partial charge is 0.240 e. The molecule has 104 valence electrons. The second-order valence-electron chi connectivity index (χ2n) is 4.72. The molecule has 1 heterocycles. The molecule has 1 rings (SSSR count). The van der Waals surface area contributed by atoms with Crippen molar-refractivity contribution in [3.05, 3.63) is 16.1 Å². The zero-order chi connectivity index (χ0) is 14.3. The Kier molecular flexibility index (Phi) is 5.97. The fourth-order valence-corrected chi connectivity index (χ4v) is 2.93. The van der Waals surface area contributed by atoms with Crippen molar-refractivity contribution in [1.82, 2.24) is 10.3 Å². The van der Waals surface area contributed by atoms with E-state index in [1.54, 1.807) is 17.5 Å². The van der Waals surface area contributed by atoms with Crippen molar-refractivity contribution in [2.75, 3.05) is 0 Å². The third kappa shape index (κ3) is 4.03. The van der Waals surface area contributed by atoms with Gasteiger partial charge in [-0.05, 0) is 19.8 Å². The largest absolute Gasteiger partial charge is 0.350 e. The van der Waals surface area contributed by atoms with Crippen LogP contribution < -0.4 is 5.32 Å². The number of carbonyl (C=O) groups is 1. The summed E-state index contributed by atoms with van der Waals surface area (Å²) >= 11 is 1.57. The first kappa shape index (κ1) is 15.6. The molecule has 1 aromatic heterocycles. The van der Waals surface area contributed by atoms with E-state index in [1.807, 2.05) is 20.8 Å². The second-order valence-corrected chi connectivity index (χ2v) is 6.04. The van der Waals surface area contributed by atoms with Crippen molar-refractivity contribution in [2.24, 2.45) is 5.41 Å². The van der Waals surface area contributed by atoms with Crippen molar-refractivity contribution >= 4 is 17.2 Å². The quantitative estimate of drug-likeness (QED) is 0.833. The zero-order valence-corrected chi connectivity index (χ0v) is 12.6. The summed E-state index contributed by atoms with van der Waals surface area (Å²) in [5.74, 6) is -0.148. The molecule has 0 saturated heterocycles. The number of aryl methyl sites for hydroxylation is 1. The summed E-state index contributed by atoms with van der Waals surface area (Å²) < 4.78 is 0. The highest BCUT2D eigenvalue weighted by atomic mass is 32.1. The number of aromatic nitrogens is 1. The van der Waals surface area contributed by atoms with Gasteiger partial charge in [0.2, 0.25) is 5.91 Å². The monoisotopic (exact) mass is 279 g/mol. The molecular formula is C14H21N3OS. The summed E-state index contributed by atoms with van der Waals surface area (Å²) in [5, 5.41) is 13.3. The molecule has 0 aliphatic rings. The van der Waals surface area contributed by atoms with Gasteiger partial charge < -0.3 is 5.32 Å². The van der Waals surface area contributed by atoms with Crippen LogP contribution in [0.4, 0.5) is 0 Å². The fourth-order valence-electron chi connectivity index (χ4n) is 2.19. The van der Waals surface area contributed by atoms with Crippen LogP contribution in [-0.4, -0.2) is 10.9 Å². The molecule has 0 spiro atoms. The number of rotatable bonds is 7. The van der Waals surface area contributed by atoms with E-state index in [9.17, 15) is 10.1 Å². The predicted molar refractivity (Wildman–Crippen MR) is 76.6 cm³/mol. The molecule has 1 N–H and O–H groups in total. The van der Waals surface area contributed by atoms with E-state index in [-0.39, 0.29) is 5.91 Å². The number of hydrogen-bond acceptors (Lipinski definition) is 4. The van der Waals surface area contributed by atoms with Crippen LogP contribution in [-0.2, 0) is 11.3 Å². The average Bonchev–Trinajstić information content (AvgIpc) is 2.81. The average molecular weight is 279 g/mol. The first-order valence-electron chi connectivity index (χ1n) is 6.68. The number of hydrogen-bond donors (Lipinski definition) is 1. The van der Waals surface area contributed by atoms with Gasteiger partial charge in [0.05, 0.1) is 17.6 Å². The highest BCUT2D eigenvalue weighted by Gasteiger charge is 2.36. The van der Waals surface area contributed by atoms with E-state index in [1.165, 1.54) is 0 Å². The van der Waals surface area contributed by atoms with Gasteiger partial charge in [0, 0.05) is 11.1 Å². The van der Waals surface area contributed by atoms with Crippen molar-refractivity contribution in [2.45, 2.75) is 53.0 Å². The normalized spacial score (nSPS) is 11.1. The molecule has 0 aliphatic carbocycles. The van der Waals surface area contributed by atoms with E-state index in [2.05, 4.69) is 16.4 Å². The Morgan fingerprint density at radius 2 is 2.11 bits per heavy atom. The van der Waals surface area contributed by atoms with Gasteiger partial charge in [-0.3, -0.25) is 4.79 Å². The Labute approximate surface area is 118 Å². The van der Waals surface area contributed by atoms with E-state index in [0.717, 1.165) is 22.7 Å². The van der Waals surface area contributed by atoms with Crippen LogP contribution in [0.5, 0.6) is 0 Å². The highest BCUT2D eigenvalue weighted by Crippen LogP contribution is 2.29. The standard InChI is InChI=1S/C14H21N3OS/c1-4-6-14(10-15,7-5-2)13(18)17-9-12-8-16-11(3)19-12/h8H,4-7,9H2,1-3H3,(H,17,18). The maximum Gasteiger partial charge on any atom is 0.240 e. The summed E-state index contributed by atoms with van der Waals surface area (Å²) in [6.07, 6.45) is 4.67. The molecule has 1 amide bonds. The Bertz CT molecular complexity index is 456. The van der Waals surface area contributed by atoms with Gasteiger partial charge in [0.25, 0.3) is 0 Å². The number of nitrogens with zero attached hydrogens (tertiary/aromatic N) is 2. The molecular weight excluding hydrogens is 258 g/mol. The topological polar surface area (TPSA) is 65.8 Å². The summed E-state index contributed by atoms with van der Waals surface area (Å²) in [6.45, 7) is 6.40. The van der Waals surface area contributed by atoms with Crippen LogP contribution in [0.2, 0.25) is 0 Å². The van der Waals surface area contributed by atoms with E-state index < -0.39 is 5.41 Å². The molecule has 0 atom stereocenters. The zero-order valence-electron chi connectivity index (χ0n) is 11.8. The lowest BCUT2D eigenvalue weighted by molar-refractivity contribution is -0.129. The van der Waals surface area contributed by atoms with Crippen molar-refractivity contribution < 1.29 is 4.79 Å². The lowest BCUT2D eigenvalue weighted by atomic mass is 9.80. The minimum absolute atomic E-state index is 0.148. The van der Waals surface area contributed by atoms with Crippen LogP contribution in [0.25, 0.3) is 0 Å². The molecule has 0 aromatic carbocycles. The van der Waals surface area contributed by atoms with Gasteiger partial charge in [0.15, 0.2) is 0 Å². The molecule has 5 heteroatoms. The van der Waals surface area contributed by atoms with E-state index in [0.29, 0.717) is 19.4 Å². The number of amides is 1. The number of nitriles is 1. The molecule has 0 saturated carbocycles. The minimum Gasteiger partial charge on any atom is -0.350 e. The van der Waals surface area contributed by atoms with Crippen LogP contribution in [0, 0.1) is 23.7 Å². The third-order valence-corrected chi connectivity index (χ3v) is 4.01. The number of carbonyl (C=O) groups excluding carboxylic acids is 1. The Morgan fingerprint density at radius 3 is 2.53 bits per heavy atom. The molecule has 0 fully saturated rings. The molecule has 4 nitrogen and oxygen atoms in total. The maximum absolute atomic E-state index is 12.3. The Morgan fingerprint density at radius 1 is 1.47 bits per heavy atom. The van der Waals surface area contributed by atoms with Crippen LogP contribution in [0.1, 0.15) is 49.4 Å². The van der Waals surface area contributed by atoms with Gasteiger partial charge in [-0.2, -0.15) is 5.26 Å². The molecule has 0 aliphatic heterocycles. The molecule has 19 heavy (non-hydrogen) atoms. The SMILES string of the molecule is CCCC(C#N)(CCC)C(=O)NCc1cnc(C)s1. The third-order valence-electron chi connectivity index (χ3n) is 3.09. The number of nitrogens with one attached hydrogen (secondary N) is 1. The van der Waals surface area contributed by atoms with Crippen molar-refractivity contribution in [3.8, 4) is 6.07 Å². The minimum atomic E-state index is -0.872. The lowest BCUT2D eigenvalue weighted by Gasteiger charge is -2.24. The van der Waals surface area contributed by atoms with Crippen molar-refractivity contribution in [3.63, 3.8) is 0 Å². The first-order chi connectivity index (χ1) is 9.07. The molecule has 0 bridgehead atoms. The summed E-state index contributed by atoms with van der Waals surface area (Å²) in [7, 11) is 0. The Balaban J connectivity index is 2.69. The number of thiazole rings is 1. The van der Waals surface area contributed by atoms with Crippen LogP contribution in [0.15, 0.2) is 6.20 Å². The van der Waals surface area contributed by atoms with E-state index >= 15 is 0 Å². The summed E-state index contributed by atoms with van der Waals surface area (Å²) in [6, 6.07) is 2.23. The second kappa shape index (κ2) is 7.25. The molecule has 0 unspecified atom stereocenters. The molecule has 1 aromatic rings. The van der Waals surface area contributed by atoms with Crippen molar-refractivity contribution in [1.29, 1.82) is 5.26 Å². The van der Waals surface area contributed by atoms with Crippen LogP contribution >= 0.6 is 11.3 Å². The van der Waals surface area contributed by atoms with Gasteiger partial charge in [-0.25, -0.2) is 4.98 Å². The first-order valence-corrected chi connectivity index (χ1v) is 7.50. The molecule has 0 radical (unpaired) electrons. The fraction of sp³-hybridized carbons (Fsp3) is 0.643. The van der Waals surface area contributed by atoms with Gasteiger partial charge in [-0.1, -0.05) is 26.7 Å². The van der Waals surface area contributed by atoms with Gasteiger partial charge in [-0.15, -0.1) is 11.3 Å². The lowest BCUT2D eigenvalue weighted by Crippen LogP contribution is -2.39. The maximum atomic E-state index is 12.3. The highest BCUT2D eigenvalue weighted by molar-refractivity contribution is 7.11. The van der Waals surface area contributed by atoms with Crippen LogP contribution in [0.3, 0.4) is 0 Å². The van der Waals surface area contributed by atoms with Gasteiger partial charge in [0.1, 0.15) is 5.41 Å². The summed E-state index contributed by atoms with van der Waals surface area (Å²) in [5.41, 5.74) is -0.872. The Hall–Kier alpha value is -1.41. The van der Waals surface area contributed by atoms with Gasteiger partial charge >= 0.3 is 0 Å². The van der Waals surface area contributed by atoms with E-state index in [4.69, 9.17) is 0 Å². The predicted octanol–water partition coefficient (Wildman–Crippen LogP) is 3.18. The summed E-state index contributed by atoms with van der Waals surface area (Å²) in [4.78, 5) is 17.5.